The van der Waals surface area contributed by atoms with E-state index in [0.717, 1.165) is 11.8 Å². The molecule has 1 nitrogen and oxygen atoms in total. The van der Waals surface area contributed by atoms with Crippen molar-refractivity contribution in [2.75, 3.05) is 6.61 Å². The summed E-state index contributed by atoms with van der Waals surface area (Å²) in [5.41, 5.74) is 0. The largest absolute Gasteiger partial charge is 0.396 e. The standard InChI is InChI=1S/C15H32O/c1-5-14(4)9-7-11-15(12-16)10-6-8-13(2)3/h13-16H,5-12H2,1-4H3. The Morgan fingerprint density at radius 2 is 1.44 bits per heavy atom. The van der Waals surface area contributed by atoms with E-state index < -0.39 is 0 Å². The van der Waals surface area contributed by atoms with Gasteiger partial charge in [0.25, 0.3) is 0 Å². The van der Waals surface area contributed by atoms with Gasteiger partial charge in [-0.2, -0.15) is 0 Å². The summed E-state index contributed by atoms with van der Waals surface area (Å²) in [5, 5.41) is 9.31. The Labute approximate surface area is 103 Å². The number of rotatable bonds is 10. The molecule has 2 unspecified atom stereocenters. The average Bonchev–Trinajstić information content (AvgIpc) is 2.26. The third-order valence-corrected chi connectivity index (χ3v) is 3.66. The average molecular weight is 228 g/mol. The molecule has 0 heterocycles. The van der Waals surface area contributed by atoms with Crippen LogP contribution in [0.3, 0.4) is 0 Å². The van der Waals surface area contributed by atoms with E-state index in [2.05, 4.69) is 27.7 Å². The van der Waals surface area contributed by atoms with Gasteiger partial charge in [-0.3, -0.25) is 0 Å². The summed E-state index contributed by atoms with van der Waals surface area (Å²) in [6.07, 6.45) is 8.94. The smallest absolute Gasteiger partial charge is 0.0459 e. The predicted molar refractivity (Wildman–Crippen MR) is 72.6 cm³/mol. The van der Waals surface area contributed by atoms with Crippen molar-refractivity contribution in [3.8, 4) is 0 Å². The van der Waals surface area contributed by atoms with E-state index in [1.54, 1.807) is 0 Å². The van der Waals surface area contributed by atoms with Crippen LogP contribution < -0.4 is 0 Å². The molecule has 98 valence electrons. The Morgan fingerprint density at radius 3 is 1.88 bits per heavy atom. The summed E-state index contributed by atoms with van der Waals surface area (Å²) in [4.78, 5) is 0. The minimum atomic E-state index is 0.388. The Morgan fingerprint density at radius 1 is 0.875 bits per heavy atom. The van der Waals surface area contributed by atoms with Crippen LogP contribution in [0, 0.1) is 17.8 Å². The molecule has 0 aliphatic carbocycles. The van der Waals surface area contributed by atoms with E-state index in [4.69, 9.17) is 0 Å². The number of hydrogen-bond acceptors (Lipinski definition) is 1. The summed E-state index contributed by atoms with van der Waals surface area (Å²) >= 11 is 0. The molecule has 0 amide bonds. The van der Waals surface area contributed by atoms with Gasteiger partial charge >= 0.3 is 0 Å². The molecular formula is C15H32O. The molecule has 0 radical (unpaired) electrons. The van der Waals surface area contributed by atoms with Crippen molar-refractivity contribution in [3.05, 3.63) is 0 Å². The summed E-state index contributed by atoms with van der Waals surface area (Å²) in [6.45, 7) is 9.52. The zero-order valence-corrected chi connectivity index (χ0v) is 11.8. The van der Waals surface area contributed by atoms with Crippen LogP contribution in [0.5, 0.6) is 0 Å². The normalized spacial score (nSPS) is 15.4. The van der Waals surface area contributed by atoms with Crippen molar-refractivity contribution in [1.29, 1.82) is 0 Å². The lowest BCUT2D eigenvalue weighted by Gasteiger charge is -2.16. The van der Waals surface area contributed by atoms with Crippen LogP contribution >= 0.6 is 0 Å². The van der Waals surface area contributed by atoms with Gasteiger partial charge in [-0.1, -0.05) is 59.8 Å². The van der Waals surface area contributed by atoms with Crippen LogP contribution in [0.15, 0.2) is 0 Å². The monoisotopic (exact) mass is 228 g/mol. The highest BCUT2D eigenvalue weighted by molar-refractivity contribution is 4.61. The fourth-order valence-electron chi connectivity index (χ4n) is 2.10. The Balaban J connectivity index is 3.51. The van der Waals surface area contributed by atoms with Crippen molar-refractivity contribution in [3.63, 3.8) is 0 Å². The molecule has 16 heavy (non-hydrogen) atoms. The molecular weight excluding hydrogens is 196 g/mol. The number of aliphatic hydroxyl groups is 1. The minimum absolute atomic E-state index is 0.388. The lowest BCUT2D eigenvalue weighted by molar-refractivity contribution is 0.201. The van der Waals surface area contributed by atoms with Gasteiger partial charge < -0.3 is 5.11 Å². The summed E-state index contributed by atoms with van der Waals surface area (Å²) < 4.78 is 0. The fourth-order valence-corrected chi connectivity index (χ4v) is 2.10. The van der Waals surface area contributed by atoms with E-state index in [9.17, 15) is 5.11 Å². The lowest BCUT2D eigenvalue weighted by Crippen LogP contribution is -2.07. The van der Waals surface area contributed by atoms with Gasteiger partial charge in [0.05, 0.1) is 0 Å². The summed E-state index contributed by atoms with van der Waals surface area (Å²) in [5.74, 6) is 2.22. The molecule has 0 spiro atoms. The van der Waals surface area contributed by atoms with Crippen LogP contribution in [0.25, 0.3) is 0 Å². The second kappa shape index (κ2) is 10.1. The van der Waals surface area contributed by atoms with Gasteiger partial charge in [0.2, 0.25) is 0 Å². The topological polar surface area (TPSA) is 20.2 Å². The second-order valence-electron chi connectivity index (χ2n) is 5.82. The van der Waals surface area contributed by atoms with Crippen LogP contribution in [0.1, 0.15) is 72.6 Å². The third kappa shape index (κ3) is 9.21. The summed E-state index contributed by atoms with van der Waals surface area (Å²) in [6, 6.07) is 0. The van der Waals surface area contributed by atoms with Gasteiger partial charge in [-0.25, -0.2) is 0 Å². The van der Waals surface area contributed by atoms with Crippen LogP contribution in [0.4, 0.5) is 0 Å². The highest BCUT2D eigenvalue weighted by atomic mass is 16.3. The molecule has 0 saturated carbocycles. The Hall–Kier alpha value is -0.0400. The maximum atomic E-state index is 9.31. The molecule has 0 saturated heterocycles. The zero-order chi connectivity index (χ0) is 12.4. The first-order valence-electron chi connectivity index (χ1n) is 7.20. The lowest BCUT2D eigenvalue weighted by atomic mass is 9.92. The van der Waals surface area contributed by atoms with Gasteiger partial charge in [-0.15, -0.1) is 0 Å². The van der Waals surface area contributed by atoms with Crippen molar-refractivity contribution in [1.82, 2.24) is 0 Å². The molecule has 0 aromatic carbocycles. The highest BCUT2D eigenvalue weighted by Gasteiger charge is 2.08. The van der Waals surface area contributed by atoms with Gasteiger partial charge in [-0.05, 0) is 30.6 Å². The SMILES string of the molecule is CCC(C)CCCC(CO)CCCC(C)C. The first-order valence-corrected chi connectivity index (χ1v) is 7.20. The van der Waals surface area contributed by atoms with Crippen molar-refractivity contribution >= 4 is 0 Å². The molecule has 0 fully saturated rings. The second-order valence-corrected chi connectivity index (χ2v) is 5.82. The minimum Gasteiger partial charge on any atom is -0.396 e. The zero-order valence-electron chi connectivity index (χ0n) is 11.8. The number of aliphatic hydroxyl groups excluding tert-OH is 1. The number of hydrogen-bond donors (Lipinski definition) is 1. The fraction of sp³-hybridized carbons (Fsp3) is 1.00. The molecule has 1 heteroatoms. The molecule has 1 N–H and O–H groups in total. The molecule has 0 aromatic rings. The highest BCUT2D eigenvalue weighted by Crippen LogP contribution is 2.20. The van der Waals surface area contributed by atoms with Crippen molar-refractivity contribution in [2.45, 2.75) is 72.6 Å². The third-order valence-electron chi connectivity index (χ3n) is 3.66. The van der Waals surface area contributed by atoms with E-state index >= 15 is 0 Å². The maximum Gasteiger partial charge on any atom is 0.0459 e. The van der Waals surface area contributed by atoms with Crippen LogP contribution in [-0.4, -0.2) is 11.7 Å². The van der Waals surface area contributed by atoms with Crippen LogP contribution in [0.2, 0.25) is 0 Å². The first kappa shape index (κ1) is 16.0. The quantitative estimate of drug-likeness (QED) is 0.577. The van der Waals surface area contributed by atoms with E-state index in [1.807, 2.05) is 0 Å². The molecule has 0 rings (SSSR count). The molecule has 0 bridgehead atoms. The van der Waals surface area contributed by atoms with Crippen molar-refractivity contribution < 1.29 is 5.11 Å². The van der Waals surface area contributed by atoms with Crippen molar-refractivity contribution in [2.24, 2.45) is 17.8 Å². The molecule has 0 aliphatic rings. The molecule has 0 aliphatic heterocycles. The van der Waals surface area contributed by atoms with E-state index in [-0.39, 0.29) is 0 Å². The molecule has 0 aromatic heterocycles. The van der Waals surface area contributed by atoms with Crippen LogP contribution in [-0.2, 0) is 0 Å². The Kier molecular flexibility index (Phi) is 10.1. The Bertz CT molecular complexity index is 142. The van der Waals surface area contributed by atoms with E-state index in [0.29, 0.717) is 12.5 Å². The van der Waals surface area contributed by atoms with Gasteiger partial charge in [0.1, 0.15) is 0 Å². The maximum absolute atomic E-state index is 9.31. The molecule has 2 atom stereocenters. The van der Waals surface area contributed by atoms with Gasteiger partial charge in [0.15, 0.2) is 0 Å². The van der Waals surface area contributed by atoms with E-state index in [1.165, 1.54) is 44.9 Å². The van der Waals surface area contributed by atoms with Gasteiger partial charge in [0, 0.05) is 6.61 Å². The predicted octanol–water partition coefficient (Wildman–Crippen LogP) is 4.64. The summed E-state index contributed by atoms with van der Waals surface area (Å²) in [7, 11) is 0. The first-order chi connectivity index (χ1) is 7.60.